The molecular weight excluding hydrogens is 272 g/mol. The Morgan fingerprint density at radius 3 is 2.80 bits per heavy atom. The number of aryl methyl sites for hydroxylation is 2. The number of rotatable bonds is 6. The predicted octanol–water partition coefficient (Wildman–Crippen LogP) is 1.66. The lowest BCUT2D eigenvalue weighted by Gasteiger charge is -2.07. The van der Waals surface area contributed by atoms with E-state index in [4.69, 9.17) is 5.73 Å². The van der Waals surface area contributed by atoms with E-state index in [0.29, 0.717) is 12.6 Å². The molecule has 1 aliphatic rings. The average Bonchev–Trinajstić information content (AvgIpc) is 3.11. The minimum atomic E-state index is 0.454. The van der Waals surface area contributed by atoms with Crippen molar-refractivity contribution in [2.45, 2.75) is 49.7 Å². The molecule has 2 aromatic rings. The molecule has 2 N–H and O–H groups in total. The molecule has 1 aliphatic carbocycles. The van der Waals surface area contributed by atoms with E-state index in [1.54, 1.807) is 11.8 Å². The molecule has 0 atom stereocenters. The highest BCUT2D eigenvalue weighted by Crippen LogP contribution is 2.39. The van der Waals surface area contributed by atoms with Crippen LogP contribution in [0.4, 0.5) is 0 Å². The van der Waals surface area contributed by atoms with Crippen LogP contribution in [0.25, 0.3) is 0 Å². The monoisotopic (exact) mass is 292 g/mol. The van der Waals surface area contributed by atoms with Crippen LogP contribution in [0.1, 0.15) is 43.0 Å². The van der Waals surface area contributed by atoms with Gasteiger partial charge in [0, 0.05) is 24.5 Å². The Morgan fingerprint density at radius 2 is 2.20 bits per heavy atom. The zero-order valence-corrected chi connectivity index (χ0v) is 12.7. The SMILES string of the molecule is CCc1cc(CSc2nnc(CN)n2C2CC2)n(C)n1. The van der Waals surface area contributed by atoms with Crippen LogP contribution in [0.15, 0.2) is 11.2 Å². The molecule has 1 saturated carbocycles. The van der Waals surface area contributed by atoms with E-state index in [1.807, 2.05) is 11.7 Å². The summed E-state index contributed by atoms with van der Waals surface area (Å²) < 4.78 is 4.16. The second-order valence-electron chi connectivity index (χ2n) is 5.10. The summed E-state index contributed by atoms with van der Waals surface area (Å²) in [5, 5.41) is 13.9. The van der Waals surface area contributed by atoms with Crippen molar-refractivity contribution in [2.24, 2.45) is 12.8 Å². The van der Waals surface area contributed by atoms with E-state index in [0.717, 1.165) is 28.8 Å². The van der Waals surface area contributed by atoms with E-state index in [9.17, 15) is 0 Å². The van der Waals surface area contributed by atoms with Gasteiger partial charge in [0.25, 0.3) is 0 Å². The van der Waals surface area contributed by atoms with Crippen molar-refractivity contribution in [3.8, 4) is 0 Å². The Kier molecular flexibility index (Phi) is 3.80. The summed E-state index contributed by atoms with van der Waals surface area (Å²) in [6.45, 7) is 2.58. The van der Waals surface area contributed by atoms with Crippen LogP contribution in [-0.2, 0) is 25.8 Å². The van der Waals surface area contributed by atoms with Crippen molar-refractivity contribution in [2.75, 3.05) is 0 Å². The second kappa shape index (κ2) is 5.57. The van der Waals surface area contributed by atoms with Crippen molar-refractivity contribution in [3.05, 3.63) is 23.3 Å². The van der Waals surface area contributed by atoms with Crippen molar-refractivity contribution in [1.82, 2.24) is 24.5 Å². The van der Waals surface area contributed by atoms with Gasteiger partial charge in [-0.1, -0.05) is 18.7 Å². The fraction of sp³-hybridized carbons (Fsp3) is 0.615. The number of hydrogen-bond acceptors (Lipinski definition) is 5. The molecule has 108 valence electrons. The third kappa shape index (κ3) is 2.60. The van der Waals surface area contributed by atoms with Crippen LogP contribution in [0, 0.1) is 0 Å². The second-order valence-corrected chi connectivity index (χ2v) is 6.04. The Bertz CT molecular complexity index is 598. The molecule has 0 spiro atoms. The number of hydrogen-bond donors (Lipinski definition) is 1. The van der Waals surface area contributed by atoms with E-state index in [2.05, 4.69) is 32.9 Å². The van der Waals surface area contributed by atoms with Gasteiger partial charge < -0.3 is 10.3 Å². The molecule has 20 heavy (non-hydrogen) atoms. The van der Waals surface area contributed by atoms with Crippen LogP contribution >= 0.6 is 11.8 Å². The first-order valence-corrected chi connectivity index (χ1v) is 8.00. The third-order valence-electron chi connectivity index (χ3n) is 3.57. The van der Waals surface area contributed by atoms with Crippen molar-refractivity contribution in [3.63, 3.8) is 0 Å². The normalized spacial score (nSPS) is 14.9. The van der Waals surface area contributed by atoms with E-state index in [1.165, 1.54) is 18.5 Å². The highest BCUT2D eigenvalue weighted by atomic mass is 32.2. The lowest BCUT2D eigenvalue weighted by atomic mass is 10.3. The Balaban J connectivity index is 1.74. The summed E-state index contributed by atoms with van der Waals surface area (Å²) in [4.78, 5) is 0. The lowest BCUT2D eigenvalue weighted by Crippen LogP contribution is -2.08. The number of nitrogens with zero attached hydrogens (tertiary/aromatic N) is 5. The maximum absolute atomic E-state index is 5.74. The fourth-order valence-electron chi connectivity index (χ4n) is 2.26. The smallest absolute Gasteiger partial charge is 0.191 e. The summed E-state index contributed by atoms with van der Waals surface area (Å²) in [5.74, 6) is 1.76. The summed E-state index contributed by atoms with van der Waals surface area (Å²) >= 11 is 1.72. The summed E-state index contributed by atoms with van der Waals surface area (Å²) in [7, 11) is 1.99. The third-order valence-corrected chi connectivity index (χ3v) is 4.55. The Labute approximate surface area is 122 Å². The molecule has 1 fully saturated rings. The minimum Gasteiger partial charge on any atom is -0.324 e. The topological polar surface area (TPSA) is 74.5 Å². The summed E-state index contributed by atoms with van der Waals surface area (Å²) in [5.41, 5.74) is 8.08. The van der Waals surface area contributed by atoms with Crippen LogP contribution < -0.4 is 5.73 Å². The molecule has 7 heteroatoms. The molecule has 0 aromatic carbocycles. The van der Waals surface area contributed by atoms with Crippen molar-refractivity contribution in [1.29, 1.82) is 0 Å². The first-order valence-electron chi connectivity index (χ1n) is 7.01. The van der Waals surface area contributed by atoms with Gasteiger partial charge in [0.2, 0.25) is 0 Å². The maximum atomic E-state index is 5.74. The van der Waals surface area contributed by atoms with E-state index >= 15 is 0 Å². The molecule has 0 unspecified atom stereocenters. The fourth-order valence-corrected chi connectivity index (χ4v) is 3.30. The Hall–Kier alpha value is -1.34. The highest BCUT2D eigenvalue weighted by molar-refractivity contribution is 7.98. The molecule has 0 bridgehead atoms. The molecule has 0 radical (unpaired) electrons. The number of aromatic nitrogens is 5. The van der Waals surface area contributed by atoms with Gasteiger partial charge in [-0.05, 0) is 25.3 Å². The van der Waals surface area contributed by atoms with Gasteiger partial charge in [-0.2, -0.15) is 5.10 Å². The molecule has 0 saturated heterocycles. The molecular formula is C13H20N6S. The number of thioether (sulfide) groups is 1. The van der Waals surface area contributed by atoms with Crippen LogP contribution in [0.2, 0.25) is 0 Å². The summed E-state index contributed by atoms with van der Waals surface area (Å²) in [6, 6.07) is 2.72. The van der Waals surface area contributed by atoms with Gasteiger partial charge in [0.1, 0.15) is 5.82 Å². The van der Waals surface area contributed by atoms with Crippen LogP contribution in [0.5, 0.6) is 0 Å². The Morgan fingerprint density at radius 1 is 1.40 bits per heavy atom. The van der Waals surface area contributed by atoms with Crippen molar-refractivity contribution >= 4 is 11.8 Å². The standard InChI is InChI=1S/C13H20N6S/c1-3-9-6-11(18(2)17-9)8-20-13-16-15-12(7-14)19(13)10-4-5-10/h6,10H,3-5,7-8,14H2,1-2H3. The van der Waals surface area contributed by atoms with Crippen molar-refractivity contribution < 1.29 is 0 Å². The quantitative estimate of drug-likeness (QED) is 0.820. The number of nitrogens with two attached hydrogens (primary N) is 1. The maximum Gasteiger partial charge on any atom is 0.191 e. The molecule has 0 aliphatic heterocycles. The van der Waals surface area contributed by atoms with Gasteiger partial charge in [0.15, 0.2) is 5.16 Å². The first-order chi connectivity index (χ1) is 9.72. The zero-order valence-electron chi connectivity index (χ0n) is 11.9. The first kappa shape index (κ1) is 13.6. The highest BCUT2D eigenvalue weighted by Gasteiger charge is 2.29. The lowest BCUT2D eigenvalue weighted by molar-refractivity contribution is 0.626. The molecule has 2 aromatic heterocycles. The van der Waals surface area contributed by atoms with Gasteiger partial charge in [-0.25, -0.2) is 0 Å². The molecule has 3 rings (SSSR count). The van der Waals surface area contributed by atoms with Gasteiger partial charge >= 0.3 is 0 Å². The van der Waals surface area contributed by atoms with Crippen LogP contribution in [0.3, 0.4) is 0 Å². The van der Waals surface area contributed by atoms with E-state index in [-0.39, 0.29) is 0 Å². The zero-order chi connectivity index (χ0) is 14.1. The molecule has 0 amide bonds. The van der Waals surface area contributed by atoms with Gasteiger partial charge in [-0.3, -0.25) is 4.68 Å². The van der Waals surface area contributed by atoms with Crippen LogP contribution in [-0.4, -0.2) is 24.5 Å². The molecule has 6 nitrogen and oxygen atoms in total. The largest absolute Gasteiger partial charge is 0.324 e. The van der Waals surface area contributed by atoms with E-state index < -0.39 is 0 Å². The average molecular weight is 292 g/mol. The van der Waals surface area contributed by atoms with Gasteiger partial charge in [0.05, 0.1) is 12.2 Å². The minimum absolute atomic E-state index is 0.454. The predicted molar refractivity (Wildman–Crippen MR) is 78.3 cm³/mol. The summed E-state index contributed by atoms with van der Waals surface area (Å²) in [6.07, 6.45) is 3.39. The molecule has 2 heterocycles. The van der Waals surface area contributed by atoms with Gasteiger partial charge in [-0.15, -0.1) is 10.2 Å².